The van der Waals surface area contributed by atoms with Gasteiger partial charge in [0.25, 0.3) is 0 Å². The largest absolute Gasteiger partial charge is 0.343 e. The van der Waals surface area contributed by atoms with Crippen LogP contribution in [0.2, 0.25) is 0 Å². The number of rotatable bonds is 8. The van der Waals surface area contributed by atoms with Crippen LogP contribution in [-0.2, 0) is 9.59 Å². The highest BCUT2D eigenvalue weighted by Crippen LogP contribution is 2.14. The minimum Gasteiger partial charge on any atom is -0.343 e. The van der Waals surface area contributed by atoms with Crippen LogP contribution in [0.15, 0.2) is 0 Å². The molecule has 136 valence electrons. The Labute approximate surface area is 142 Å². The van der Waals surface area contributed by atoms with Crippen molar-refractivity contribution in [2.45, 2.75) is 66.6 Å². The first-order valence-corrected chi connectivity index (χ1v) is 8.65. The van der Waals surface area contributed by atoms with E-state index in [-0.39, 0.29) is 35.7 Å². The van der Waals surface area contributed by atoms with Gasteiger partial charge in [-0.1, -0.05) is 41.5 Å². The summed E-state index contributed by atoms with van der Waals surface area (Å²) < 4.78 is 0. The summed E-state index contributed by atoms with van der Waals surface area (Å²) in [5, 5.41) is 2.98. The van der Waals surface area contributed by atoms with Crippen LogP contribution in [0.25, 0.3) is 0 Å². The Morgan fingerprint density at radius 3 is 1.57 bits per heavy atom. The zero-order valence-electron chi connectivity index (χ0n) is 16.7. The SMILES string of the molecule is CC(C)C(NC(=O)C(C(C)C)N(C)C)C(=O)N(C)C(C)C(C)C. The van der Waals surface area contributed by atoms with Gasteiger partial charge in [-0.3, -0.25) is 14.5 Å². The third kappa shape index (κ3) is 6.13. The zero-order valence-corrected chi connectivity index (χ0v) is 16.7. The molecular formula is C18H37N3O2. The van der Waals surface area contributed by atoms with Crippen LogP contribution in [0.5, 0.6) is 0 Å². The van der Waals surface area contributed by atoms with Crippen molar-refractivity contribution in [2.75, 3.05) is 21.1 Å². The van der Waals surface area contributed by atoms with Crippen LogP contribution >= 0.6 is 0 Å². The number of hydrogen-bond acceptors (Lipinski definition) is 3. The van der Waals surface area contributed by atoms with Gasteiger partial charge in [-0.15, -0.1) is 0 Å². The summed E-state index contributed by atoms with van der Waals surface area (Å²) in [6.45, 7) is 14.2. The Bertz CT molecular complexity index is 384. The summed E-state index contributed by atoms with van der Waals surface area (Å²) in [6.07, 6.45) is 0. The number of amides is 2. The highest BCUT2D eigenvalue weighted by Gasteiger charge is 2.33. The van der Waals surface area contributed by atoms with E-state index < -0.39 is 6.04 Å². The third-order valence-electron chi connectivity index (χ3n) is 4.61. The lowest BCUT2D eigenvalue weighted by Crippen LogP contribution is -2.57. The second-order valence-corrected chi connectivity index (χ2v) is 7.82. The topological polar surface area (TPSA) is 52.7 Å². The van der Waals surface area contributed by atoms with E-state index in [0.717, 1.165) is 0 Å². The summed E-state index contributed by atoms with van der Waals surface area (Å²) in [4.78, 5) is 29.1. The molecule has 0 bridgehead atoms. The fraction of sp³-hybridized carbons (Fsp3) is 0.889. The lowest BCUT2D eigenvalue weighted by Gasteiger charge is -2.35. The molecule has 0 saturated carbocycles. The molecule has 1 N–H and O–H groups in total. The fourth-order valence-corrected chi connectivity index (χ4v) is 2.75. The summed E-state index contributed by atoms with van der Waals surface area (Å²) in [6, 6.07) is -0.595. The zero-order chi connectivity index (χ0) is 18.5. The van der Waals surface area contributed by atoms with Gasteiger partial charge in [-0.05, 0) is 38.8 Å². The summed E-state index contributed by atoms with van der Waals surface area (Å²) in [5.74, 6) is 0.500. The molecular weight excluding hydrogens is 290 g/mol. The maximum atomic E-state index is 12.8. The Morgan fingerprint density at radius 2 is 1.26 bits per heavy atom. The smallest absolute Gasteiger partial charge is 0.245 e. The number of nitrogens with zero attached hydrogens (tertiary/aromatic N) is 2. The van der Waals surface area contributed by atoms with Gasteiger partial charge in [0, 0.05) is 13.1 Å². The second kappa shape index (κ2) is 9.26. The van der Waals surface area contributed by atoms with E-state index in [1.165, 1.54) is 0 Å². The quantitative estimate of drug-likeness (QED) is 0.744. The second-order valence-electron chi connectivity index (χ2n) is 7.82. The molecule has 0 radical (unpaired) electrons. The molecule has 2 amide bonds. The van der Waals surface area contributed by atoms with Crippen molar-refractivity contribution in [3.63, 3.8) is 0 Å². The minimum atomic E-state index is -0.491. The molecule has 0 rings (SSSR count). The molecule has 0 aromatic carbocycles. The van der Waals surface area contributed by atoms with Gasteiger partial charge < -0.3 is 10.2 Å². The number of carbonyl (C=O) groups is 2. The van der Waals surface area contributed by atoms with E-state index in [2.05, 4.69) is 19.2 Å². The predicted octanol–water partition coefficient (Wildman–Crippen LogP) is 2.22. The van der Waals surface area contributed by atoms with Crippen LogP contribution in [0.1, 0.15) is 48.5 Å². The summed E-state index contributed by atoms with van der Waals surface area (Å²) in [5.41, 5.74) is 0. The highest BCUT2D eigenvalue weighted by molar-refractivity contribution is 5.90. The van der Waals surface area contributed by atoms with Crippen LogP contribution in [0.4, 0.5) is 0 Å². The molecule has 0 aliphatic rings. The van der Waals surface area contributed by atoms with Crippen molar-refractivity contribution < 1.29 is 9.59 Å². The molecule has 23 heavy (non-hydrogen) atoms. The molecule has 0 aromatic heterocycles. The number of carbonyl (C=O) groups excluding carboxylic acids is 2. The molecule has 0 aromatic rings. The lowest BCUT2D eigenvalue weighted by molar-refractivity contribution is -0.140. The van der Waals surface area contributed by atoms with Crippen molar-refractivity contribution in [2.24, 2.45) is 17.8 Å². The van der Waals surface area contributed by atoms with Gasteiger partial charge in [-0.25, -0.2) is 0 Å². The number of nitrogens with one attached hydrogen (secondary N) is 1. The molecule has 3 atom stereocenters. The lowest BCUT2D eigenvalue weighted by atomic mass is 9.97. The highest BCUT2D eigenvalue weighted by atomic mass is 16.2. The Kier molecular flexibility index (Phi) is 8.82. The van der Waals surface area contributed by atoms with E-state index in [0.29, 0.717) is 5.92 Å². The molecule has 0 spiro atoms. The van der Waals surface area contributed by atoms with Gasteiger partial charge in [0.15, 0.2) is 0 Å². The number of hydrogen-bond donors (Lipinski definition) is 1. The maximum Gasteiger partial charge on any atom is 0.245 e. The maximum absolute atomic E-state index is 12.8. The van der Waals surface area contributed by atoms with Gasteiger partial charge in [0.2, 0.25) is 11.8 Å². The van der Waals surface area contributed by atoms with Gasteiger partial charge in [-0.2, -0.15) is 0 Å². The fourth-order valence-electron chi connectivity index (χ4n) is 2.75. The van der Waals surface area contributed by atoms with E-state index in [9.17, 15) is 9.59 Å². The van der Waals surface area contributed by atoms with Crippen LogP contribution in [0, 0.1) is 17.8 Å². The summed E-state index contributed by atoms with van der Waals surface area (Å²) >= 11 is 0. The Hall–Kier alpha value is -1.10. The van der Waals surface area contributed by atoms with Crippen molar-refractivity contribution in [1.82, 2.24) is 15.1 Å². The standard InChI is InChI=1S/C18H37N3O2/c1-11(2)14(7)21(10)18(23)15(12(3)4)19-17(22)16(13(5)6)20(8)9/h11-16H,1-10H3,(H,19,22). The predicted molar refractivity (Wildman–Crippen MR) is 96.2 cm³/mol. The molecule has 0 saturated heterocycles. The van der Waals surface area contributed by atoms with E-state index >= 15 is 0 Å². The molecule has 5 heteroatoms. The van der Waals surface area contributed by atoms with Crippen LogP contribution in [-0.4, -0.2) is 60.9 Å². The van der Waals surface area contributed by atoms with Crippen LogP contribution < -0.4 is 5.32 Å². The van der Waals surface area contributed by atoms with E-state index in [1.54, 1.807) is 4.90 Å². The molecule has 0 aliphatic carbocycles. The van der Waals surface area contributed by atoms with Crippen LogP contribution in [0.3, 0.4) is 0 Å². The first-order valence-electron chi connectivity index (χ1n) is 8.65. The van der Waals surface area contributed by atoms with Crippen molar-refractivity contribution in [1.29, 1.82) is 0 Å². The Balaban J connectivity index is 5.20. The monoisotopic (exact) mass is 327 g/mol. The molecule has 0 aliphatic heterocycles. The Morgan fingerprint density at radius 1 is 0.783 bits per heavy atom. The van der Waals surface area contributed by atoms with Gasteiger partial charge >= 0.3 is 0 Å². The molecule has 0 heterocycles. The normalized spacial score (nSPS) is 15.9. The van der Waals surface area contributed by atoms with Crippen molar-refractivity contribution in [3.05, 3.63) is 0 Å². The average molecular weight is 328 g/mol. The van der Waals surface area contributed by atoms with Crippen molar-refractivity contribution >= 4 is 11.8 Å². The average Bonchev–Trinajstić information content (AvgIpc) is 2.40. The number of likely N-dealkylation sites (N-methyl/N-ethyl adjacent to an activating group) is 2. The van der Waals surface area contributed by atoms with Gasteiger partial charge in [0.05, 0.1) is 6.04 Å². The van der Waals surface area contributed by atoms with Crippen molar-refractivity contribution in [3.8, 4) is 0 Å². The minimum absolute atomic E-state index is 0.0178. The van der Waals surface area contributed by atoms with E-state index in [4.69, 9.17) is 0 Å². The van der Waals surface area contributed by atoms with E-state index in [1.807, 2.05) is 60.7 Å². The van der Waals surface area contributed by atoms with Gasteiger partial charge in [0.1, 0.15) is 6.04 Å². The third-order valence-corrected chi connectivity index (χ3v) is 4.61. The molecule has 3 unspecified atom stereocenters. The first-order chi connectivity index (χ1) is 10.4. The molecule has 0 fully saturated rings. The first kappa shape index (κ1) is 21.9. The molecule has 5 nitrogen and oxygen atoms in total. The summed E-state index contributed by atoms with van der Waals surface area (Å²) in [7, 11) is 5.60.